The van der Waals surface area contributed by atoms with E-state index >= 15 is 0 Å². The lowest BCUT2D eigenvalue weighted by molar-refractivity contribution is -0.117. The van der Waals surface area contributed by atoms with Gasteiger partial charge in [0.2, 0.25) is 5.91 Å². The van der Waals surface area contributed by atoms with Crippen molar-refractivity contribution >= 4 is 11.6 Å². The van der Waals surface area contributed by atoms with E-state index in [0.29, 0.717) is 12.5 Å². The van der Waals surface area contributed by atoms with Gasteiger partial charge in [0.25, 0.3) is 0 Å². The standard InChI is InChI=1S/C23H30N2O/c1-18(2)21-8-10-22(11-9-21)24-23(26)17-25-14-12-20(13-15-25)16-19-6-4-3-5-7-19/h3-11,18,20H,12-17H2,1-2H3,(H,24,26). The van der Waals surface area contributed by atoms with E-state index in [-0.39, 0.29) is 5.91 Å². The molecule has 0 bridgehead atoms. The summed E-state index contributed by atoms with van der Waals surface area (Å²) < 4.78 is 0. The Morgan fingerprint density at radius 2 is 1.69 bits per heavy atom. The maximum atomic E-state index is 12.3. The largest absolute Gasteiger partial charge is 0.325 e. The third kappa shape index (κ3) is 5.43. The molecule has 0 atom stereocenters. The molecule has 2 aromatic carbocycles. The molecule has 138 valence electrons. The van der Waals surface area contributed by atoms with Crippen LogP contribution in [0.3, 0.4) is 0 Å². The van der Waals surface area contributed by atoms with Gasteiger partial charge in [-0.2, -0.15) is 0 Å². The Hall–Kier alpha value is -2.13. The van der Waals surface area contributed by atoms with Crippen LogP contribution in [0.1, 0.15) is 43.7 Å². The smallest absolute Gasteiger partial charge is 0.238 e. The van der Waals surface area contributed by atoms with Crippen LogP contribution < -0.4 is 5.32 Å². The fourth-order valence-corrected chi connectivity index (χ4v) is 3.65. The monoisotopic (exact) mass is 350 g/mol. The highest BCUT2D eigenvalue weighted by Gasteiger charge is 2.21. The van der Waals surface area contributed by atoms with Gasteiger partial charge < -0.3 is 5.32 Å². The van der Waals surface area contributed by atoms with Crippen molar-refractivity contribution in [2.24, 2.45) is 5.92 Å². The molecule has 3 heteroatoms. The Balaban J connectivity index is 1.41. The van der Waals surface area contributed by atoms with E-state index in [9.17, 15) is 4.79 Å². The number of piperidine rings is 1. The molecule has 2 aromatic rings. The van der Waals surface area contributed by atoms with E-state index in [1.807, 2.05) is 12.1 Å². The first-order chi connectivity index (χ1) is 12.6. The number of hydrogen-bond donors (Lipinski definition) is 1. The summed E-state index contributed by atoms with van der Waals surface area (Å²) in [6.07, 6.45) is 3.50. The van der Waals surface area contributed by atoms with Crippen LogP contribution in [-0.4, -0.2) is 30.4 Å². The zero-order valence-corrected chi connectivity index (χ0v) is 15.9. The quantitative estimate of drug-likeness (QED) is 0.819. The summed E-state index contributed by atoms with van der Waals surface area (Å²) in [6.45, 7) is 6.86. The average Bonchev–Trinajstić information content (AvgIpc) is 2.64. The predicted octanol–water partition coefficient (Wildman–Crippen LogP) is 4.70. The molecule has 0 unspecified atom stereocenters. The number of amides is 1. The molecule has 1 N–H and O–H groups in total. The molecule has 3 rings (SSSR count). The van der Waals surface area contributed by atoms with Crippen molar-refractivity contribution in [2.75, 3.05) is 25.0 Å². The lowest BCUT2D eigenvalue weighted by atomic mass is 9.90. The van der Waals surface area contributed by atoms with E-state index < -0.39 is 0 Å². The molecule has 0 aromatic heterocycles. The van der Waals surface area contributed by atoms with Crippen LogP contribution in [0.15, 0.2) is 54.6 Å². The lowest BCUT2D eigenvalue weighted by Gasteiger charge is -2.31. The number of nitrogens with one attached hydrogen (secondary N) is 1. The van der Waals surface area contributed by atoms with Gasteiger partial charge in [0, 0.05) is 5.69 Å². The van der Waals surface area contributed by atoms with Crippen molar-refractivity contribution in [1.29, 1.82) is 0 Å². The number of carbonyl (C=O) groups excluding carboxylic acids is 1. The molecule has 1 amide bonds. The lowest BCUT2D eigenvalue weighted by Crippen LogP contribution is -2.39. The summed E-state index contributed by atoms with van der Waals surface area (Å²) in [4.78, 5) is 14.6. The summed E-state index contributed by atoms with van der Waals surface area (Å²) in [5.74, 6) is 1.33. The highest BCUT2D eigenvalue weighted by atomic mass is 16.2. The van der Waals surface area contributed by atoms with Crippen LogP contribution in [0.2, 0.25) is 0 Å². The summed E-state index contributed by atoms with van der Waals surface area (Å²) in [6, 6.07) is 18.9. The molecule has 1 fully saturated rings. The van der Waals surface area contributed by atoms with Crippen molar-refractivity contribution in [3.63, 3.8) is 0 Å². The second-order valence-corrected chi connectivity index (χ2v) is 7.73. The second kappa shape index (κ2) is 9.00. The normalized spacial score (nSPS) is 16.0. The first-order valence-electron chi connectivity index (χ1n) is 9.76. The van der Waals surface area contributed by atoms with Crippen molar-refractivity contribution in [1.82, 2.24) is 4.90 Å². The number of benzene rings is 2. The van der Waals surface area contributed by atoms with E-state index in [1.54, 1.807) is 0 Å². The van der Waals surface area contributed by atoms with Gasteiger partial charge in [0.1, 0.15) is 0 Å². The third-order valence-corrected chi connectivity index (χ3v) is 5.30. The Bertz CT molecular complexity index is 686. The van der Waals surface area contributed by atoms with Crippen molar-refractivity contribution in [3.8, 4) is 0 Å². The minimum absolute atomic E-state index is 0.0869. The van der Waals surface area contributed by atoms with Gasteiger partial charge in [-0.3, -0.25) is 9.69 Å². The predicted molar refractivity (Wildman–Crippen MR) is 108 cm³/mol. The van der Waals surface area contributed by atoms with Crippen LogP contribution in [0.5, 0.6) is 0 Å². The average molecular weight is 351 g/mol. The number of rotatable bonds is 6. The molecule has 0 saturated carbocycles. The van der Waals surface area contributed by atoms with Crippen molar-refractivity contribution in [3.05, 3.63) is 65.7 Å². The van der Waals surface area contributed by atoms with E-state index in [0.717, 1.165) is 31.1 Å². The summed E-state index contributed by atoms with van der Waals surface area (Å²) in [7, 11) is 0. The number of anilines is 1. The van der Waals surface area contributed by atoms with Gasteiger partial charge in [-0.25, -0.2) is 0 Å². The topological polar surface area (TPSA) is 32.3 Å². The van der Waals surface area contributed by atoms with E-state index in [1.165, 1.54) is 24.0 Å². The Morgan fingerprint density at radius 3 is 2.31 bits per heavy atom. The summed E-state index contributed by atoms with van der Waals surface area (Å²) >= 11 is 0. The van der Waals surface area contributed by atoms with Crippen LogP contribution in [0.4, 0.5) is 5.69 Å². The molecule has 26 heavy (non-hydrogen) atoms. The summed E-state index contributed by atoms with van der Waals surface area (Å²) in [5, 5.41) is 3.03. The fourth-order valence-electron chi connectivity index (χ4n) is 3.65. The molecule has 3 nitrogen and oxygen atoms in total. The van der Waals surface area contributed by atoms with Crippen LogP contribution in [0, 0.1) is 5.92 Å². The molecular formula is C23H30N2O. The molecule has 0 radical (unpaired) electrons. The van der Waals surface area contributed by atoms with Gasteiger partial charge in [-0.15, -0.1) is 0 Å². The Labute approximate surface area is 157 Å². The minimum atomic E-state index is 0.0869. The van der Waals surface area contributed by atoms with Gasteiger partial charge in [0.15, 0.2) is 0 Å². The van der Waals surface area contributed by atoms with Crippen LogP contribution in [0.25, 0.3) is 0 Å². The molecule has 0 aliphatic carbocycles. The maximum Gasteiger partial charge on any atom is 0.238 e. The first kappa shape index (κ1) is 18.7. The van der Waals surface area contributed by atoms with Gasteiger partial charge >= 0.3 is 0 Å². The minimum Gasteiger partial charge on any atom is -0.325 e. The van der Waals surface area contributed by atoms with E-state index in [4.69, 9.17) is 0 Å². The zero-order valence-electron chi connectivity index (χ0n) is 15.9. The zero-order chi connectivity index (χ0) is 18.4. The second-order valence-electron chi connectivity index (χ2n) is 7.73. The number of likely N-dealkylation sites (tertiary alicyclic amines) is 1. The van der Waals surface area contributed by atoms with E-state index in [2.05, 4.69) is 66.5 Å². The SMILES string of the molecule is CC(C)c1ccc(NC(=O)CN2CCC(Cc3ccccc3)CC2)cc1. The number of nitrogens with zero attached hydrogens (tertiary/aromatic N) is 1. The highest BCUT2D eigenvalue weighted by molar-refractivity contribution is 5.92. The first-order valence-corrected chi connectivity index (χ1v) is 9.76. The molecule has 1 saturated heterocycles. The number of carbonyl (C=O) groups is 1. The van der Waals surface area contributed by atoms with Crippen LogP contribution in [-0.2, 0) is 11.2 Å². The maximum absolute atomic E-state index is 12.3. The molecule has 1 aliphatic rings. The Kier molecular flexibility index (Phi) is 6.45. The van der Waals surface area contributed by atoms with Gasteiger partial charge in [0.05, 0.1) is 6.54 Å². The number of hydrogen-bond acceptors (Lipinski definition) is 2. The Morgan fingerprint density at radius 1 is 1.04 bits per heavy atom. The van der Waals surface area contributed by atoms with Gasteiger partial charge in [-0.05, 0) is 67.4 Å². The van der Waals surface area contributed by atoms with Crippen LogP contribution >= 0.6 is 0 Å². The fraction of sp³-hybridized carbons (Fsp3) is 0.435. The molecular weight excluding hydrogens is 320 g/mol. The molecule has 1 aliphatic heterocycles. The molecule has 0 spiro atoms. The van der Waals surface area contributed by atoms with Gasteiger partial charge in [-0.1, -0.05) is 56.3 Å². The summed E-state index contributed by atoms with van der Waals surface area (Å²) in [5.41, 5.74) is 3.61. The van der Waals surface area contributed by atoms with Crippen molar-refractivity contribution in [2.45, 2.75) is 39.0 Å². The third-order valence-electron chi connectivity index (χ3n) is 5.30. The molecule has 1 heterocycles. The van der Waals surface area contributed by atoms with Crippen molar-refractivity contribution < 1.29 is 4.79 Å². The highest BCUT2D eigenvalue weighted by Crippen LogP contribution is 2.22.